The Morgan fingerprint density at radius 2 is 0.833 bits per heavy atom. The summed E-state index contributed by atoms with van der Waals surface area (Å²) in [5.74, 6) is -2.60. The minimum atomic E-state index is -1.00. The van der Waals surface area contributed by atoms with E-state index in [9.17, 15) is 39.6 Å². The second-order valence-electron chi connectivity index (χ2n) is 9.33. The molecular formula is C30H40N2Na2O8. The number of nitrogens with one attached hydrogen (secondary N) is 2. The van der Waals surface area contributed by atoms with Crippen molar-refractivity contribution < 1.29 is 98.7 Å². The van der Waals surface area contributed by atoms with E-state index in [0.717, 1.165) is 51.4 Å². The third kappa shape index (κ3) is 20.7. The number of carboxylic acid groups (broad SMARTS) is 2. The molecule has 220 valence electrons. The van der Waals surface area contributed by atoms with E-state index < -0.39 is 11.9 Å². The molecule has 0 aliphatic heterocycles. The van der Waals surface area contributed by atoms with Crippen LogP contribution in [0.1, 0.15) is 97.8 Å². The fourth-order valence-electron chi connectivity index (χ4n) is 3.77. The summed E-state index contributed by atoms with van der Waals surface area (Å²) in [6, 6.07) is 12.8. The van der Waals surface area contributed by atoms with Gasteiger partial charge in [-0.25, -0.2) is 0 Å². The van der Waals surface area contributed by atoms with Gasteiger partial charge in [-0.3, -0.25) is 9.59 Å². The summed E-state index contributed by atoms with van der Waals surface area (Å²) >= 11 is 0. The van der Waals surface area contributed by atoms with Gasteiger partial charge in [0.1, 0.15) is 11.5 Å². The largest absolute Gasteiger partial charge is 1.00 e. The molecule has 0 radical (unpaired) electrons. The number of unbranched alkanes of at least 4 members (excludes halogenated alkanes) is 8. The monoisotopic (exact) mass is 602 g/mol. The number of phenolic OH excluding ortho intramolecular Hbond substituents is 2. The predicted molar refractivity (Wildman–Crippen MR) is 146 cm³/mol. The number of phenols is 2. The zero-order valence-corrected chi connectivity index (χ0v) is 28.9. The van der Waals surface area contributed by atoms with Crippen molar-refractivity contribution in [3.63, 3.8) is 0 Å². The van der Waals surface area contributed by atoms with Gasteiger partial charge < -0.3 is 40.6 Å². The Morgan fingerprint density at radius 1 is 0.524 bits per heavy atom. The molecule has 0 aliphatic carbocycles. The van der Waals surface area contributed by atoms with E-state index >= 15 is 0 Å². The maximum absolute atomic E-state index is 11.7. The Bertz CT molecular complexity index is 986. The van der Waals surface area contributed by atoms with Crippen molar-refractivity contribution in [2.45, 2.75) is 77.0 Å². The third-order valence-corrected chi connectivity index (χ3v) is 5.98. The number of hydrogen-bond acceptors (Lipinski definition) is 8. The molecular weight excluding hydrogens is 562 g/mol. The molecule has 0 heterocycles. The molecule has 0 fully saturated rings. The molecule has 12 heteroatoms. The fraction of sp³-hybridized carbons (Fsp3) is 0.467. The second kappa shape index (κ2) is 26.5. The van der Waals surface area contributed by atoms with Crippen molar-refractivity contribution in [2.75, 3.05) is 13.1 Å². The molecule has 0 atom stereocenters. The molecule has 0 saturated carbocycles. The smallest absolute Gasteiger partial charge is 0.550 e. The number of aromatic hydroxyl groups is 2. The summed E-state index contributed by atoms with van der Waals surface area (Å²) in [6.07, 6.45) is 8.69. The van der Waals surface area contributed by atoms with Crippen LogP contribution in [0.25, 0.3) is 0 Å². The van der Waals surface area contributed by atoms with Crippen molar-refractivity contribution >= 4 is 23.8 Å². The van der Waals surface area contributed by atoms with E-state index in [-0.39, 0.29) is 106 Å². The predicted octanol–water partition coefficient (Wildman–Crippen LogP) is -3.57. The number of benzene rings is 2. The van der Waals surface area contributed by atoms with Gasteiger partial charge in [-0.05, 0) is 62.8 Å². The minimum absolute atomic E-state index is 0. The van der Waals surface area contributed by atoms with Crippen molar-refractivity contribution in [3.05, 3.63) is 59.7 Å². The Balaban J connectivity index is 0. The normalized spacial score (nSPS) is 9.71. The van der Waals surface area contributed by atoms with Gasteiger partial charge in [0, 0.05) is 25.0 Å². The summed E-state index contributed by atoms with van der Waals surface area (Å²) in [4.78, 5) is 43.8. The van der Waals surface area contributed by atoms with E-state index in [1.54, 1.807) is 36.4 Å². The third-order valence-electron chi connectivity index (χ3n) is 5.98. The number of amides is 2. The van der Waals surface area contributed by atoms with Crippen LogP contribution < -0.4 is 80.0 Å². The molecule has 2 rings (SSSR count). The molecule has 10 nitrogen and oxygen atoms in total. The van der Waals surface area contributed by atoms with Crippen LogP contribution in [0, 0.1) is 0 Å². The second-order valence-corrected chi connectivity index (χ2v) is 9.33. The van der Waals surface area contributed by atoms with E-state index in [2.05, 4.69) is 10.6 Å². The van der Waals surface area contributed by atoms with Crippen LogP contribution in [0.3, 0.4) is 0 Å². The number of rotatable bonds is 18. The number of aliphatic carboxylic acids is 2. The van der Waals surface area contributed by atoms with Gasteiger partial charge in [0.05, 0.1) is 11.1 Å². The fourth-order valence-corrected chi connectivity index (χ4v) is 3.77. The summed E-state index contributed by atoms with van der Waals surface area (Å²) in [7, 11) is 0. The van der Waals surface area contributed by atoms with Crippen LogP contribution in [-0.2, 0) is 9.59 Å². The first-order valence-electron chi connectivity index (χ1n) is 13.7. The first-order chi connectivity index (χ1) is 19.2. The Kier molecular flexibility index (Phi) is 26.6. The number of para-hydroxylation sites is 2. The summed E-state index contributed by atoms with van der Waals surface area (Å²) in [5, 5.41) is 44.9. The zero-order chi connectivity index (χ0) is 29.6. The molecule has 0 saturated heterocycles. The van der Waals surface area contributed by atoms with Crippen LogP contribution >= 0.6 is 0 Å². The van der Waals surface area contributed by atoms with Crippen LogP contribution in [0.2, 0.25) is 0 Å². The van der Waals surface area contributed by atoms with Crippen LogP contribution in [0.5, 0.6) is 11.5 Å². The van der Waals surface area contributed by atoms with Crippen molar-refractivity contribution in [1.29, 1.82) is 0 Å². The molecule has 0 unspecified atom stereocenters. The van der Waals surface area contributed by atoms with Gasteiger partial charge in [-0.2, -0.15) is 0 Å². The zero-order valence-electron chi connectivity index (χ0n) is 24.9. The number of carboxylic acids is 2. The standard InChI is InChI=1S/2C15H21NO4.2Na/c2*17-13-9-6-5-8-12(13)15(20)16-11-7-3-1-2-4-10-14(18)19;;/h2*5-6,8-9,17H,1-4,7,10-11H2,(H,16,20)(H,18,19);;/q;;2*+1/p-2. The van der Waals surface area contributed by atoms with E-state index in [1.165, 1.54) is 12.1 Å². The van der Waals surface area contributed by atoms with Gasteiger partial charge in [0.15, 0.2) is 0 Å². The number of carbonyl (C=O) groups excluding carboxylic acids is 4. The Labute approximate surface area is 292 Å². The van der Waals surface area contributed by atoms with Gasteiger partial charge in [0.2, 0.25) is 0 Å². The molecule has 4 N–H and O–H groups in total. The van der Waals surface area contributed by atoms with E-state index in [4.69, 9.17) is 0 Å². The molecule has 0 aromatic heterocycles. The van der Waals surface area contributed by atoms with Gasteiger partial charge in [-0.15, -0.1) is 0 Å². The SMILES string of the molecule is O=C([O-])CCCCCCCNC(=O)c1ccccc1O.O=C([O-])CCCCCCCNC(=O)c1ccccc1O.[Na+].[Na+]. The molecule has 2 aromatic carbocycles. The first-order valence-corrected chi connectivity index (χ1v) is 13.7. The van der Waals surface area contributed by atoms with Crippen LogP contribution in [-0.4, -0.2) is 47.1 Å². The quantitative estimate of drug-likeness (QED) is 0.1000. The molecule has 2 aromatic rings. The van der Waals surface area contributed by atoms with Gasteiger partial charge in [0.25, 0.3) is 11.8 Å². The van der Waals surface area contributed by atoms with Crippen molar-refractivity contribution in [2.24, 2.45) is 0 Å². The number of hydrogen-bond donors (Lipinski definition) is 4. The molecule has 0 bridgehead atoms. The molecule has 2 amide bonds. The van der Waals surface area contributed by atoms with Gasteiger partial charge >= 0.3 is 59.1 Å². The first kappa shape index (κ1) is 42.1. The molecule has 0 spiro atoms. The number of carbonyl (C=O) groups is 4. The molecule has 42 heavy (non-hydrogen) atoms. The Morgan fingerprint density at radius 3 is 1.17 bits per heavy atom. The van der Waals surface area contributed by atoms with E-state index in [0.29, 0.717) is 25.9 Å². The maximum Gasteiger partial charge on any atom is 1.00 e. The summed E-state index contributed by atoms with van der Waals surface area (Å²) < 4.78 is 0. The van der Waals surface area contributed by atoms with Crippen molar-refractivity contribution in [1.82, 2.24) is 10.6 Å². The summed E-state index contributed by atoms with van der Waals surface area (Å²) in [5.41, 5.74) is 0.558. The molecule has 0 aliphatic rings. The minimum Gasteiger partial charge on any atom is -0.550 e. The summed E-state index contributed by atoms with van der Waals surface area (Å²) in [6.45, 7) is 1.10. The van der Waals surface area contributed by atoms with Crippen molar-refractivity contribution in [3.8, 4) is 11.5 Å². The Hall–Kier alpha value is -2.08. The average molecular weight is 603 g/mol. The van der Waals surface area contributed by atoms with Gasteiger partial charge in [-0.1, -0.05) is 62.8 Å². The van der Waals surface area contributed by atoms with E-state index in [1.807, 2.05) is 0 Å². The van der Waals surface area contributed by atoms with Crippen LogP contribution in [0.15, 0.2) is 48.5 Å². The van der Waals surface area contributed by atoms with Crippen LogP contribution in [0.4, 0.5) is 0 Å². The maximum atomic E-state index is 11.7. The topological polar surface area (TPSA) is 179 Å². The average Bonchev–Trinajstić information content (AvgIpc) is 2.92.